The van der Waals surface area contributed by atoms with Crippen molar-refractivity contribution in [2.45, 2.75) is 70.2 Å². The first kappa shape index (κ1) is 37.9. The standard InChI is InChI=1S/C38H45N4O8P/c1-26(2)42(27(3)4)51(48-24-10-22-39)50-35-33(25-47-36(35)41-23-21-34(43)40-37(41)44)49-38(28-11-8-7-9-12-28,29-13-17-31(45-5)18-14-29)30-15-19-32(46-6)20-16-30/h7-9,11-21,23,26-27,33,35-36H,10,24-25H2,1-6H3,(H,40,43,44)/t33-,35+,36+,51?/m0/s1. The molecule has 1 unspecified atom stereocenters. The van der Waals surface area contributed by atoms with Crippen molar-refractivity contribution >= 4 is 8.53 Å². The van der Waals surface area contributed by atoms with Gasteiger partial charge >= 0.3 is 5.69 Å². The maximum absolute atomic E-state index is 13.2. The minimum Gasteiger partial charge on any atom is -0.497 e. The molecule has 0 spiro atoms. The molecule has 0 radical (unpaired) electrons. The number of nitriles is 1. The maximum Gasteiger partial charge on any atom is 0.330 e. The van der Waals surface area contributed by atoms with Crippen LogP contribution in [0.5, 0.6) is 11.5 Å². The van der Waals surface area contributed by atoms with E-state index in [9.17, 15) is 14.9 Å². The molecule has 2 heterocycles. The van der Waals surface area contributed by atoms with Gasteiger partial charge in [-0.05, 0) is 68.7 Å². The highest BCUT2D eigenvalue weighted by molar-refractivity contribution is 7.44. The summed E-state index contributed by atoms with van der Waals surface area (Å²) in [6.45, 7) is 8.36. The molecule has 1 saturated heterocycles. The summed E-state index contributed by atoms with van der Waals surface area (Å²) in [6.07, 6.45) is -1.14. The second-order valence-corrected chi connectivity index (χ2v) is 13.9. The number of rotatable bonds is 16. The van der Waals surface area contributed by atoms with Crippen molar-refractivity contribution in [1.82, 2.24) is 14.2 Å². The first-order chi connectivity index (χ1) is 24.6. The Morgan fingerprint density at radius 2 is 1.47 bits per heavy atom. The Labute approximate surface area is 299 Å². The second-order valence-electron chi connectivity index (χ2n) is 12.5. The van der Waals surface area contributed by atoms with E-state index >= 15 is 0 Å². The number of ether oxygens (including phenoxy) is 4. The Hall–Kier alpha value is -4.34. The van der Waals surface area contributed by atoms with Gasteiger partial charge in [0.2, 0.25) is 0 Å². The number of nitrogens with zero attached hydrogens (tertiary/aromatic N) is 3. The van der Waals surface area contributed by atoms with Crippen LogP contribution in [-0.2, 0) is 24.1 Å². The Balaban J connectivity index is 1.70. The summed E-state index contributed by atoms with van der Waals surface area (Å²) in [4.78, 5) is 27.6. The lowest BCUT2D eigenvalue weighted by Crippen LogP contribution is -2.45. The molecule has 3 aromatic carbocycles. The third-order valence-electron chi connectivity index (χ3n) is 8.58. The van der Waals surface area contributed by atoms with Gasteiger partial charge in [0.15, 0.2) is 6.23 Å². The molecule has 270 valence electrons. The minimum atomic E-state index is -1.80. The van der Waals surface area contributed by atoms with Gasteiger partial charge in [0.1, 0.15) is 29.3 Å². The molecule has 1 aliphatic heterocycles. The first-order valence-corrected chi connectivity index (χ1v) is 18.0. The number of hydrogen-bond donors (Lipinski definition) is 1. The van der Waals surface area contributed by atoms with Gasteiger partial charge in [-0.3, -0.25) is 14.3 Å². The topological polar surface area (TPSA) is 137 Å². The van der Waals surface area contributed by atoms with E-state index in [0.717, 1.165) is 16.7 Å². The van der Waals surface area contributed by atoms with Crippen LogP contribution in [-0.4, -0.2) is 65.9 Å². The van der Waals surface area contributed by atoms with Crippen LogP contribution >= 0.6 is 8.53 Å². The van der Waals surface area contributed by atoms with Gasteiger partial charge in [-0.25, -0.2) is 9.46 Å². The lowest BCUT2D eigenvalue weighted by molar-refractivity contribution is -0.0855. The fourth-order valence-corrected chi connectivity index (χ4v) is 8.06. The predicted molar refractivity (Wildman–Crippen MR) is 194 cm³/mol. The van der Waals surface area contributed by atoms with Crippen LogP contribution in [0.25, 0.3) is 0 Å². The molecule has 0 saturated carbocycles. The van der Waals surface area contributed by atoms with E-state index in [1.54, 1.807) is 14.2 Å². The molecule has 0 aliphatic carbocycles. The Bertz CT molecular complexity index is 1800. The largest absolute Gasteiger partial charge is 0.497 e. The van der Waals surface area contributed by atoms with Crippen LogP contribution in [0.15, 0.2) is 101 Å². The smallest absolute Gasteiger partial charge is 0.330 e. The molecule has 5 rings (SSSR count). The fraction of sp³-hybridized carbons (Fsp3) is 0.395. The zero-order valence-corrected chi connectivity index (χ0v) is 30.6. The van der Waals surface area contributed by atoms with Crippen molar-refractivity contribution < 1.29 is 28.0 Å². The number of aromatic amines is 1. The first-order valence-electron chi connectivity index (χ1n) is 16.8. The molecule has 0 bridgehead atoms. The van der Waals surface area contributed by atoms with Gasteiger partial charge in [-0.2, -0.15) is 5.26 Å². The molecule has 51 heavy (non-hydrogen) atoms. The molecule has 1 aromatic heterocycles. The van der Waals surface area contributed by atoms with Crippen LogP contribution in [0.4, 0.5) is 0 Å². The van der Waals surface area contributed by atoms with Crippen LogP contribution in [0.3, 0.4) is 0 Å². The van der Waals surface area contributed by atoms with E-state index in [1.165, 1.54) is 16.8 Å². The third kappa shape index (κ3) is 8.42. The molecule has 1 aliphatic rings. The van der Waals surface area contributed by atoms with Crippen molar-refractivity contribution in [2.75, 3.05) is 27.4 Å². The van der Waals surface area contributed by atoms with Crippen LogP contribution in [0.1, 0.15) is 57.0 Å². The molecule has 0 amide bonds. The van der Waals surface area contributed by atoms with Crippen LogP contribution in [0.2, 0.25) is 0 Å². The Morgan fingerprint density at radius 1 is 0.902 bits per heavy atom. The molecular formula is C38H45N4O8P. The predicted octanol–water partition coefficient (Wildman–Crippen LogP) is 6.12. The van der Waals surface area contributed by atoms with Gasteiger partial charge in [0.05, 0.1) is 39.9 Å². The van der Waals surface area contributed by atoms with Gasteiger partial charge in [-0.15, -0.1) is 0 Å². The van der Waals surface area contributed by atoms with Crippen molar-refractivity contribution in [2.24, 2.45) is 0 Å². The monoisotopic (exact) mass is 716 g/mol. The zero-order chi connectivity index (χ0) is 36.5. The number of hydrogen-bond acceptors (Lipinski definition) is 10. The van der Waals surface area contributed by atoms with Crippen molar-refractivity contribution in [3.05, 3.63) is 129 Å². The van der Waals surface area contributed by atoms with Gasteiger partial charge in [0.25, 0.3) is 14.1 Å². The Morgan fingerprint density at radius 3 is 1.98 bits per heavy atom. The molecule has 12 nitrogen and oxygen atoms in total. The summed E-state index contributed by atoms with van der Waals surface area (Å²) in [6, 6.07) is 28.6. The number of methoxy groups -OCH3 is 2. The highest BCUT2D eigenvalue weighted by atomic mass is 31.2. The normalized spacial score (nSPS) is 18.2. The molecule has 1 N–H and O–H groups in total. The second kappa shape index (κ2) is 17.2. The average molecular weight is 717 g/mol. The third-order valence-corrected chi connectivity index (χ3v) is 10.7. The van der Waals surface area contributed by atoms with E-state index < -0.39 is 43.8 Å². The minimum absolute atomic E-state index is 0.0103. The average Bonchev–Trinajstić information content (AvgIpc) is 3.51. The zero-order valence-electron chi connectivity index (χ0n) is 29.7. The summed E-state index contributed by atoms with van der Waals surface area (Å²) in [5.74, 6) is 1.36. The lowest BCUT2D eigenvalue weighted by Gasteiger charge is -2.41. The SMILES string of the molecule is COc1ccc(C(O[C@H]2CO[C@@H](n3ccc(=O)[nH]c3=O)[C@@H]2OP(OCCC#N)N(C(C)C)C(C)C)(c2ccccc2)c2ccc(OC)cc2)cc1. The summed E-state index contributed by atoms with van der Waals surface area (Å²) in [5, 5.41) is 9.32. The molecule has 4 aromatic rings. The van der Waals surface area contributed by atoms with Crippen molar-refractivity contribution in [1.29, 1.82) is 5.26 Å². The lowest BCUT2D eigenvalue weighted by atomic mass is 9.79. The van der Waals surface area contributed by atoms with Gasteiger partial charge in [0, 0.05) is 24.3 Å². The number of aromatic nitrogens is 2. The van der Waals surface area contributed by atoms with Gasteiger partial charge < -0.3 is 28.0 Å². The highest BCUT2D eigenvalue weighted by Crippen LogP contribution is 2.52. The van der Waals surface area contributed by atoms with E-state index in [2.05, 4.69) is 15.7 Å². The van der Waals surface area contributed by atoms with Crippen molar-refractivity contribution in [3.63, 3.8) is 0 Å². The quantitative estimate of drug-likeness (QED) is 0.0820. The van der Waals surface area contributed by atoms with Crippen LogP contribution < -0.4 is 20.7 Å². The summed E-state index contributed by atoms with van der Waals surface area (Å²) in [7, 11) is 1.43. The number of benzene rings is 3. The van der Waals surface area contributed by atoms with Crippen molar-refractivity contribution in [3.8, 4) is 17.6 Å². The molecule has 1 fully saturated rings. The van der Waals surface area contributed by atoms with E-state index in [4.69, 9.17) is 28.0 Å². The summed E-state index contributed by atoms with van der Waals surface area (Å²) in [5.41, 5.74) is 0.0428. The maximum atomic E-state index is 13.2. The molecule has 13 heteroatoms. The number of nitrogens with one attached hydrogen (secondary N) is 1. The van der Waals surface area contributed by atoms with Crippen LogP contribution in [0, 0.1) is 11.3 Å². The summed E-state index contributed by atoms with van der Waals surface area (Å²) < 4.78 is 41.5. The number of H-pyrrole nitrogens is 1. The van der Waals surface area contributed by atoms with E-state index in [-0.39, 0.29) is 31.7 Å². The highest BCUT2D eigenvalue weighted by Gasteiger charge is 2.50. The Kier molecular flexibility index (Phi) is 12.8. The summed E-state index contributed by atoms with van der Waals surface area (Å²) >= 11 is 0. The molecule has 4 atom stereocenters. The molecular weight excluding hydrogens is 671 g/mol. The fourth-order valence-electron chi connectivity index (χ4n) is 6.31. The van der Waals surface area contributed by atoms with Gasteiger partial charge in [-0.1, -0.05) is 54.6 Å². The van der Waals surface area contributed by atoms with E-state index in [0.29, 0.717) is 11.5 Å². The van der Waals surface area contributed by atoms with E-state index in [1.807, 2.05) is 107 Å².